The van der Waals surface area contributed by atoms with Gasteiger partial charge in [-0.15, -0.1) is 11.3 Å². The van der Waals surface area contributed by atoms with E-state index in [1.165, 1.54) is 11.1 Å². The third-order valence-corrected chi connectivity index (χ3v) is 3.17. The van der Waals surface area contributed by atoms with E-state index in [4.69, 9.17) is 4.74 Å². The summed E-state index contributed by atoms with van der Waals surface area (Å²) in [6, 6.07) is 6.10. The highest BCUT2D eigenvalue weighted by atomic mass is 32.1. The second-order valence-corrected chi connectivity index (χ2v) is 4.80. The van der Waals surface area contributed by atoms with Gasteiger partial charge in [0.2, 0.25) is 0 Å². The molecule has 2 aromatic rings. The number of rotatable bonds is 4. The largest absolute Gasteiger partial charge is 0.494 e. The molecular formula is C12H15NOS. The standard InChI is InChI=1S/C12H15NOS/c1-3-4-7-14-10-5-6-11-12(8-10)15-9(2)13-11/h5-6,8H,3-4,7H2,1-2H3. The molecule has 1 heterocycles. The summed E-state index contributed by atoms with van der Waals surface area (Å²) >= 11 is 1.71. The van der Waals surface area contributed by atoms with Crippen molar-refractivity contribution in [1.29, 1.82) is 0 Å². The number of ether oxygens (including phenoxy) is 1. The van der Waals surface area contributed by atoms with Crippen molar-refractivity contribution < 1.29 is 4.74 Å². The van der Waals surface area contributed by atoms with Crippen LogP contribution in [0.4, 0.5) is 0 Å². The Bertz CT molecular complexity index is 450. The number of nitrogens with zero attached hydrogens (tertiary/aromatic N) is 1. The molecule has 0 N–H and O–H groups in total. The van der Waals surface area contributed by atoms with Crippen molar-refractivity contribution in [2.75, 3.05) is 6.61 Å². The second-order valence-electron chi connectivity index (χ2n) is 3.56. The summed E-state index contributed by atoms with van der Waals surface area (Å²) in [6.45, 7) is 5.00. The summed E-state index contributed by atoms with van der Waals surface area (Å²) in [5, 5.41) is 1.11. The molecule has 1 aromatic heterocycles. The van der Waals surface area contributed by atoms with E-state index in [-0.39, 0.29) is 0 Å². The van der Waals surface area contributed by atoms with Gasteiger partial charge >= 0.3 is 0 Å². The van der Waals surface area contributed by atoms with E-state index in [0.29, 0.717) is 0 Å². The van der Waals surface area contributed by atoms with E-state index in [1.54, 1.807) is 11.3 Å². The summed E-state index contributed by atoms with van der Waals surface area (Å²) < 4.78 is 6.85. The number of hydrogen-bond acceptors (Lipinski definition) is 3. The van der Waals surface area contributed by atoms with Gasteiger partial charge in [0.05, 0.1) is 21.8 Å². The summed E-state index contributed by atoms with van der Waals surface area (Å²) in [7, 11) is 0. The van der Waals surface area contributed by atoms with E-state index in [9.17, 15) is 0 Å². The number of thiazole rings is 1. The molecule has 0 aliphatic carbocycles. The van der Waals surface area contributed by atoms with Gasteiger partial charge in [-0.25, -0.2) is 4.98 Å². The summed E-state index contributed by atoms with van der Waals surface area (Å²) in [5.41, 5.74) is 1.07. The molecule has 0 radical (unpaired) electrons. The molecule has 1 aromatic carbocycles. The van der Waals surface area contributed by atoms with Crippen molar-refractivity contribution in [3.05, 3.63) is 23.2 Å². The van der Waals surface area contributed by atoms with Crippen LogP contribution in [0.5, 0.6) is 5.75 Å². The third-order valence-electron chi connectivity index (χ3n) is 2.23. The van der Waals surface area contributed by atoms with Crippen LogP contribution in [0.25, 0.3) is 10.2 Å². The number of unbranched alkanes of at least 4 members (excludes halogenated alkanes) is 1. The van der Waals surface area contributed by atoms with Gasteiger partial charge in [-0.1, -0.05) is 13.3 Å². The normalized spacial score (nSPS) is 10.8. The van der Waals surface area contributed by atoms with Crippen LogP contribution < -0.4 is 4.74 Å². The van der Waals surface area contributed by atoms with E-state index in [2.05, 4.69) is 18.0 Å². The van der Waals surface area contributed by atoms with Gasteiger partial charge in [-0.2, -0.15) is 0 Å². The number of fused-ring (bicyclic) bond motifs is 1. The monoisotopic (exact) mass is 221 g/mol. The first-order valence-electron chi connectivity index (χ1n) is 5.29. The van der Waals surface area contributed by atoms with Crippen LogP contribution in [0.15, 0.2) is 18.2 Å². The Morgan fingerprint density at radius 2 is 2.27 bits per heavy atom. The second kappa shape index (κ2) is 4.62. The van der Waals surface area contributed by atoms with E-state index >= 15 is 0 Å². The molecule has 80 valence electrons. The Hall–Kier alpha value is -1.09. The van der Waals surface area contributed by atoms with Crippen LogP contribution >= 0.6 is 11.3 Å². The molecule has 0 fully saturated rings. The van der Waals surface area contributed by atoms with Crippen LogP contribution in [-0.2, 0) is 0 Å². The molecule has 0 bridgehead atoms. The molecule has 2 rings (SSSR count). The smallest absolute Gasteiger partial charge is 0.120 e. The average molecular weight is 221 g/mol. The van der Waals surface area contributed by atoms with Crippen LogP contribution in [0.1, 0.15) is 24.8 Å². The Labute approximate surface area is 93.9 Å². The minimum absolute atomic E-state index is 0.805. The van der Waals surface area contributed by atoms with Gasteiger partial charge in [-0.05, 0) is 31.5 Å². The van der Waals surface area contributed by atoms with Gasteiger partial charge in [0.1, 0.15) is 5.75 Å². The first-order chi connectivity index (χ1) is 7.29. The first kappa shape index (κ1) is 10.4. The van der Waals surface area contributed by atoms with Crippen molar-refractivity contribution in [3.8, 4) is 5.75 Å². The molecule has 0 atom stereocenters. The molecule has 0 saturated carbocycles. The lowest BCUT2D eigenvalue weighted by Gasteiger charge is -2.04. The molecule has 0 unspecified atom stereocenters. The number of aromatic nitrogens is 1. The fourth-order valence-corrected chi connectivity index (χ4v) is 2.30. The van der Waals surface area contributed by atoms with Crippen LogP contribution in [0.3, 0.4) is 0 Å². The molecule has 15 heavy (non-hydrogen) atoms. The minimum atomic E-state index is 0.805. The van der Waals surface area contributed by atoms with Crippen LogP contribution in [-0.4, -0.2) is 11.6 Å². The topological polar surface area (TPSA) is 22.1 Å². The van der Waals surface area contributed by atoms with Gasteiger partial charge < -0.3 is 4.74 Å². The third kappa shape index (κ3) is 2.48. The number of benzene rings is 1. The Morgan fingerprint density at radius 1 is 1.40 bits per heavy atom. The SMILES string of the molecule is CCCCOc1ccc2nc(C)sc2c1. The highest BCUT2D eigenvalue weighted by molar-refractivity contribution is 7.18. The molecule has 0 aliphatic heterocycles. The first-order valence-corrected chi connectivity index (χ1v) is 6.11. The van der Waals surface area contributed by atoms with Crippen LogP contribution in [0, 0.1) is 6.92 Å². The van der Waals surface area contributed by atoms with Crippen molar-refractivity contribution >= 4 is 21.6 Å². The molecule has 0 spiro atoms. The van der Waals surface area contributed by atoms with Crippen molar-refractivity contribution in [3.63, 3.8) is 0 Å². The van der Waals surface area contributed by atoms with Crippen molar-refractivity contribution in [2.45, 2.75) is 26.7 Å². The van der Waals surface area contributed by atoms with E-state index < -0.39 is 0 Å². The molecule has 2 nitrogen and oxygen atoms in total. The minimum Gasteiger partial charge on any atom is -0.494 e. The molecule has 0 saturated heterocycles. The van der Waals surface area contributed by atoms with Crippen molar-refractivity contribution in [2.24, 2.45) is 0 Å². The van der Waals surface area contributed by atoms with Gasteiger partial charge in [-0.3, -0.25) is 0 Å². The zero-order chi connectivity index (χ0) is 10.7. The predicted molar refractivity (Wildman–Crippen MR) is 64.8 cm³/mol. The van der Waals surface area contributed by atoms with Gasteiger partial charge in [0, 0.05) is 0 Å². The average Bonchev–Trinajstić information content (AvgIpc) is 2.57. The molecule has 3 heteroatoms. The van der Waals surface area contributed by atoms with Crippen molar-refractivity contribution in [1.82, 2.24) is 4.98 Å². The number of aryl methyl sites for hydroxylation is 1. The summed E-state index contributed by atoms with van der Waals surface area (Å²) in [6.07, 6.45) is 2.28. The zero-order valence-corrected chi connectivity index (χ0v) is 9.93. The maximum absolute atomic E-state index is 5.64. The number of hydrogen-bond donors (Lipinski definition) is 0. The van der Waals surface area contributed by atoms with E-state index in [1.807, 2.05) is 19.1 Å². The lowest BCUT2D eigenvalue weighted by Crippen LogP contribution is -1.95. The van der Waals surface area contributed by atoms with Gasteiger partial charge in [0.25, 0.3) is 0 Å². The summed E-state index contributed by atoms with van der Waals surface area (Å²) in [5.74, 6) is 0.958. The Morgan fingerprint density at radius 3 is 3.07 bits per heavy atom. The molecule has 0 aliphatic rings. The maximum Gasteiger partial charge on any atom is 0.120 e. The lowest BCUT2D eigenvalue weighted by atomic mass is 10.3. The summed E-state index contributed by atoms with van der Waals surface area (Å²) in [4.78, 5) is 4.41. The Kier molecular flexibility index (Phi) is 3.21. The maximum atomic E-state index is 5.64. The van der Waals surface area contributed by atoms with Gasteiger partial charge in [0.15, 0.2) is 0 Å². The fraction of sp³-hybridized carbons (Fsp3) is 0.417. The highest BCUT2D eigenvalue weighted by Crippen LogP contribution is 2.25. The quantitative estimate of drug-likeness (QED) is 0.733. The lowest BCUT2D eigenvalue weighted by molar-refractivity contribution is 0.310. The highest BCUT2D eigenvalue weighted by Gasteiger charge is 2.01. The van der Waals surface area contributed by atoms with Crippen LogP contribution in [0.2, 0.25) is 0 Å². The zero-order valence-electron chi connectivity index (χ0n) is 9.12. The van der Waals surface area contributed by atoms with E-state index in [0.717, 1.165) is 29.3 Å². The fourth-order valence-electron chi connectivity index (χ4n) is 1.44. The molecule has 0 amide bonds. The predicted octanol–water partition coefficient (Wildman–Crippen LogP) is 3.78. The molecular weight excluding hydrogens is 206 g/mol. The Balaban J connectivity index is 2.15.